The molecule has 1 aliphatic heterocycles. The van der Waals surface area contributed by atoms with Crippen LogP contribution >= 0.6 is 0 Å². The van der Waals surface area contributed by atoms with Crippen LogP contribution in [0.1, 0.15) is 12.2 Å². The van der Waals surface area contributed by atoms with Gasteiger partial charge in [0, 0.05) is 36.2 Å². The number of fused-ring (bicyclic) bond motifs is 2. The number of hydrogen-bond donors (Lipinski definition) is 2. The van der Waals surface area contributed by atoms with Crippen LogP contribution in [0.2, 0.25) is 0 Å². The highest BCUT2D eigenvalue weighted by Crippen LogP contribution is 2.27. The molecule has 0 aliphatic carbocycles. The molecule has 0 amide bonds. The third-order valence-electron chi connectivity index (χ3n) is 5.02. The van der Waals surface area contributed by atoms with Gasteiger partial charge in [0.15, 0.2) is 0 Å². The fraction of sp³-hybridized carbons (Fsp3) is 0.190. The molecule has 6 heteroatoms. The first-order chi connectivity index (χ1) is 13.3. The first-order valence-electron chi connectivity index (χ1n) is 9.08. The molecule has 3 heterocycles. The number of aromatic nitrogens is 4. The highest BCUT2D eigenvalue weighted by Gasteiger charge is 2.21. The smallest absolute Gasteiger partial charge is 0.137 e. The van der Waals surface area contributed by atoms with Crippen LogP contribution in [0, 0.1) is 0 Å². The molecular formula is C21H19N5O. The second kappa shape index (κ2) is 6.39. The monoisotopic (exact) mass is 357 g/mol. The van der Waals surface area contributed by atoms with Crippen molar-refractivity contribution >= 4 is 16.7 Å². The number of nitrogens with one attached hydrogen (secondary N) is 1. The molecule has 134 valence electrons. The van der Waals surface area contributed by atoms with Crippen LogP contribution in [0.4, 0.5) is 5.82 Å². The van der Waals surface area contributed by atoms with E-state index in [1.807, 2.05) is 18.2 Å². The lowest BCUT2D eigenvalue weighted by atomic mass is 10.1. The van der Waals surface area contributed by atoms with Crippen LogP contribution < -0.4 is 5.32 Å². The molecule has 0 bridgehead atoms. The van der Waals surface area contributed by atoms with Crippen LogP contribution in [0.25, 0.3) is 22.2 Å². The van der Waals surface area contributed by atoms with Gasteiger partial charge in [0.05, 0.1) is 11.2 Å². The van der Waals surface area contributed by atoms with Crippen molar-refractivity contribution in [1.29, 1.82) is 0 Å². The Morgan fingerprint density at radius 1 is 1.07 bits per heavy atom. The Hall–Kier alpha value is -3.41. The summed E-state index contributed by atoms with van der Waals surface area (Å²) in [5, 5.41) is 14.2. The van der Waals surface area contributed by atoms with Crippen LogP contribution in [0.15, 0.2) is 61.1 Å². The molecule has 2 aromatic carbocycles. The maximum absolute atomic E-state index is 9.81. The Bertz CT molecular complexity index is 1110. The Labute approximate surface area is 156 Å². The second-order valence-corrected chi connectivity index (χ2v) is 6.86. The summed E-state index contributed by atoms with van der Waals surface area (Å²) >= 11 is 0. The van der Waals surface area contributed by atoms with E-state index < -0.39 is 0 Å². The number of hydrogen-bond acceptors (Lipinski definition) is 5. The van der Waals surface area contributed by atoms with Crippen molar-refractivity contribution in [3.63, 3.8) is 0 Å². The van der Waals surface area contributed by atoms with Gasteiger partial charge in [-0.15, -0.1) is 0 Å². The summed E-state index contributed by atoms with van der Waals surface area (Å²) in [5.41, 5.74) is 2.97. The summed E-state index contributed by atoms with van der Waals surface area (Å²) in [6.45, 7) is 0.833. The minimum Gasteiger partial charge on any atom is -0.508 e. The third kappa shape index (κ3) is 2.99. The molecule has 0 saturated heterocycles. The van der Waals surface area contributed by atoms with E-state index >= 15 is 0 Å². The van der Waals surface area contributed by atoms with Crippen LogP contribution in [-0.4, -0.2) is 30.7 Å². The van der Waals surface area contributed by atoms with Gasteiger partial charge in [-0.05, 0) is 24.6 Å². The summed E-state index contributed by atoms with van der Waals surface area (Å²) in [6.07, 6.45) is 5.58. The molecule has 0 spiro atoms. The van der Waals surface area contributed by atoms with Crippen LogP contribution in [0.5, 0.6) is 5.75 Å². The molecular weight excluding hydrogens is 338 g/mol. The Balaban J connectivity index is 1.40. The molecule has 27 heavy (non-hydrogen) atoms. The SMILES string of the molecule is Oc1ccc2ncnc(NC3CCc4nc(-c5ccccc5)cn4C3)c2c1. The summed E-state index contributed by atoms with van der Waals surface area (Å²) < 4.78 is 2.23. The van der Waals surface area contributed by atoms with Crippen molar-refractivity contribution in [2.75, 3.05) is 5.32 Å². The van der Waals surface area contributed by atoms with Gasteiger partial charge >= 0.3 is 0 Å². The molecule has 0 saturated carbocycles. The average molecular weight is 357 g/mol. The number of phenolic OH excluding ortho intramolecular Hbond substituents is 1. The van der Waals surface area contributed by atoms with Crippen molar-refractivity contribution in [2.45, 2.75) is 25.4 Å². The van der Waals surface area contributed by atoms with Crippen LogP contribution in [-0.2, 0) is 13.0 Å². The maximum Gasteiger partial charge on any atom is 0.137 e. The van der Waals surface area contributed by atoms with E-state index in [1.54, 1.807) is 24.5 Å². The molecule has 6 nitrogen and oxygen atoms in total. The summed E-state index contributed by atoms with van der Waals surface area (Å²) in [7, 11) is 0. The minimum absolute atomic E-state index is 0.216. The predicted molar refractivity (Wildman–Crippen MR) is 105 cm³/mol. The number of aromatic hydroxyl groups is 1. The van der Waals surface area contributed by atoms with Crippen molar-refractivity contribution in [3.8, 4) is 17.0 Å². The lowest BCUT2D eigenvalue weighted by molar-refractivity contribution is 0.474. The summed E-state index contributed by atoms with van der Waals surface area (Å²) in [5.74, 6) is 2.10. The van der Waals surface area contributed by atoms with Gasteiger partial charge in [-0.25, -0.2) is 15.0 Å². The van der Waals surface area contributed by atoms with Gasteiger partial charge in [-0.2, -0.15) is 0 Å². The molecule has 0 radical (unpaired) electrons. The molecule has 5 rings (SSSR count). The summed E-state index contributed by atoms with van der Waals surface area (Å²) in [6, 6.07) is 15.7. The first kappa shape index (κ1) is 15.8. The second-order valence-electron chi connectivity index (χ2n) is 6.86. The molecule has 0 fully saturated rings. The average Bonchev–Trinajstić information content (AvgIpc) is 3.13. The summed E-state index contributed by atoms with van der Waals surface area (Å²) in [4.78, 5) is 13.5. The lowest BCUT2D eigenvalue weighted by Crippen LogP contribution is -2.31. The van der Waals surface area contributed by atoms with E-state index in [0.717, 1.165) is 53.2 Å². The van der Waals surface area contributed by atoms with Gasteiger partial charge in [0.1, 0.15) is 23.7 Å². The zero-order valence-corrected chi connectivity index (χ0v) is 14.7. The van der Waals surface area contributed by atoms with Gasteiger partial charge in [0.25, 0.3) is 0 Å². The standard InChI is InChI=1S/C21H19N5O/c27-16-7-8-18-17(10-16)21(23-13-22-18)24-15-6-9-20-25-19(12-26(20)11-15)14-4-2-1-3-5-14/h1-5,7-8,10,12-13,15,27H,6,9,11H2,(H,22,23,24). The minimum atomic E-state index is 0.216. The van der Waals surface area contributed by atoms with E-state index in [0.29, 0.717) is 0 Å². The van der Waals surface area contributed by atoms with Gasteiger partial charge in [-0.1, -0.05) is 30.3 Å². The zero-order valence-electron chi connectivity index (χ0n) is 14.7. The quantitative estimate of drug-likeness (QED) is 0.586. The molecule has 4 aromatic rings. The van der Waals surface area contributed by atoms with Crippen molar-refractivity contribution < 1.29 is 5.11 Å². The van der Waals surface area contributed by atoms with Crippen molar-refractivity contribution in [2.24, 2.45) is 0 Å². The predicted octanol–water partition coefficient (Wildman–Crippen LogP) is 3.63. The normalized spacial score (nSPS) is 16.2. The first-order valence-corrected chi connectivity index (χ1v) is 9.08. The lowest BCUT2D eigenvalue weighted by Gasteiger charge is -2.25. The largest absolute Gasteiger partial charge is 0.508 e. The third-order valence-corrected chi connectivity index (χ3v) is 5.02. The highest BCUT2D eigenvalue weighted by atomic mass is 16.3. The van der Waals surface area contributed by atoms with Crippen molar-refractivity contribution in [3.05, 3.63) is 66.9 Å². The van der Waals surface area contributed by atoms with Gasteiger partial charge in [-0.3, -0.25) is 0 Å². The Kier molecular flexibility index (Phi) is 3.74. The highest BCUT2D eigenvalue weighted by molar-refractivity contribution is 5.89. The van der Waals surface area contributed by atoms with E-state index in [9.17, 15) is 5.11 Å². The number of benzene rings is 2. The molecule has 1 unspecified atom stereocenters. The number of nitrogens with zero attached hydrogens (tertiary/aromatic N) is 4. The zero-order chi connectivity index (χ0) is 18.2. The molecule has 1 atom stereocenters. The topological polar surface area (TPSA) is 75.9 Å². The maximum atomic E-state index is 9.81. The number of anilines is 1. The van der Waals surface area contributed by atoms with Gasteiger partial charge in [0.2, 0.25) is 0 Å². The van der Waals surface area contributed by atoms with E-state index in [4.69, 9.17) is 4.98 Å². The fourth-order valence-electron chi connectivity index (χ4n) is 3.66. The number of phenols is 1. The van der Waals surface area contributed by atoms with E-state index in [-0.39, 0.29) is 11.8 Å². The molecule has 2 aromatic heterocycles. The molecule has 1 aliphatic rings. The number of aryl methyl sites for hydroxylation is 1. The Morgan fingerprint density at radius 2 is 1.96 bits per heavy atom. The van der Waals surface area contributed by atoms with E-state index in [1.165, 1.54) is 0 Å². The number of rotatable bonds is 3. The van der Waals surface area contributed by atoms with Gasteiger partial charge < -0.3 is 15.0 Å². The van der Waals surface area contributed by atoms with Crippen molar-refractivity contribution in [1.82, 2.24) is 19.5 Å². The molecule has 2 N–H and O–H groups in total. The van der Waals surface area contributed by atoms with E-state index in [2.05, 4.69) is 38.2 Å². The number of imidazole rings is 1. The Morgan fingerprint density at radius 3 is 2.85 bits per heavy atom. The fourth-order valence-corrected chi connectivity index (χ4v) is 3.66. The van der Waals surface area contributed by atoms with Crippen LogP contribution in [0.3, 0.4) is 0 Å².